The molecule has 1 aromatic carbocycles. The normalized spacial score (nSPS) is 10.4. The van der Waals surface area contributed by atoms with E-state index in [1.54, 1.807) is 12.3 Å². The Kier molecular flexibility index (Phi) is 2.44. The van der Waals surface area contributed by atoms with Crippen molar-refractivity contribution in [2.24, 2.45) is 5.73 Å². The van der Waals surface area contributed by atoms with E-state index in [1.807, 2.05) is 6.92 Å². The van der Waals surface area contributed by atoms with Gasteiger partial charge in [0.1, 0.15) is 5.82 Å². The summed E-state index contributed by atoms with van der Waals surface area (Å²) in [7, 11) is 0. The maximum atomic E-state index is 13.0. The average molecular weight is 219 g/mol. The molecule has 2 N–H and O–H groups in total. The highest BCUT2D eigenvalue weighted by Gasteiger charge is 2.11. The molecule has 1 amide bonds. The predicted octanol–water partition coefficient (Wildman–Crippen LogP) is 1.42. The van der Waals surface area contributed by atoms with Gasteiger partial charge >= 0.3 is 0 Å². The van der Waals surface area contributed by atoms with Crippen molar-refractivity contribution in [3.8, 4) is 5.69 Å². The smallest absolute Gasteiger partial charge is 0.250 e. The number of nitrogens with zero attached hydrogens (tertiary/aromatic N) is 2. The Morgan fingerprint density at radius 2 is 2.19 bits per heavy atom. The quantitative estimate of drug-likeness (QED) is 0.830. The lowest BCUT2D eigenvalue weighted by Crippen LogP contribution is -2.15. The zero-order chi connectivity index (χ0) is 11.7. The van der Waals surface area contributed by atoms with Gasteiger partial charge in [0, 0.05) is 6.20 Å². The van der Waals surface area contributed by atoms with Gasteiger partial charge < -0.3 is 5.73 Å². The topological polar surface area (TPSA) is 60.9 Å². The van der Waals surface area contributed by atoms with Crippen LogP contribution < -0.4 is 5.73 Å². The van der Waals surface area contributed by atoms with Gasteiger partial charge in [-0.2, -0.15) is 5.10 Å². The molecule has 0 spiro atoms. The van der Waals surface area contributed by atoms with E-state index in [0.29, 0.717) is 5.69 Å². The van der Waals surface area contributed by atoms with E-state index in [1.165, 1.54) is 16.8 Å². The van der Waals surface area contributed by atoms with Crippen LogP contribution in [0.3, 0.4) is 0 Å². The van der Waals surface area contributed by atoms with E-state index in [0.717, 1.165) is 11.8 Å². The van der Waals surface area contributed by atoms with E-state index >= 15 is 0 Å². The number of hydrogen-bond acceptors (Lipinski definition) is 2. The van der Waals surface area contributed by atoms with E-state index in [4.69, 9.17) is 5.73 Å². The Labute approximate surface area is 91.5 Å². The van der Waals surface area contributed by atoms with Crippen molar-refractivity contribution in [3.63, 3.8) is 0 Å². The molecule has 0 bridgehead atoms. The van der Waals surface area contributed by atoms with Gasteiger partial charge in [0.15, 0.2) is 0 Å². The molecule has 82 valence electrons. The lowest BCUT2D eigenvalue weighted by molar-refractivity contribution is 0.0999. The van der Waals surface area contributed by atoms with Crippen LogP contribution in [-0.4, -0.2) is 15.7 Å². The number of nitrogens with two attached hydrogens (primary N) is 1. The Morgan fingerprint density at radius 3 is 2.75 bits per heavy atom. The summed E-state index contributed by atoms with van der Waals surface area (Å²) in [6.45, 7) is 1.82. The van der Waals surface area contributed by atoms with Crippen LogP contribution in [0.2, 0.25) is 0 Å². The molecule has 0 aliphatic carbocycles. The number of primary amides is 1. The molecule has 2 aromatic rings. The van der Waals surface area contributed by atoms with Gasteiger partial charge in [-0.3, -0.25) is 4.79 Å². The van der Waals surface area contributed by atoms with Crippen LogP contribution in [0.25, 0.3) is 5.69 Å². The first-order valence-electron chi connectivity index (χ1n) is 4.70. The SMILES string of the molecule is Cc1ccn(-c2ccc(F)cc2C(N)=O)n1. The molecule has 1 aromatic heterocycles. The van der Waals surface area contributed by atoms with Gasteiger partial charge in [-0.05, 0) is 31.2 Å². The fourth-order valence-corrected chi connectivity index (χ4v) is 1.45. The lowest BCUT2D eigenvalue weighted by atomic mass is 10.1. The minimum atomic E-state index is -0.678. The highest BCUT2D eigenvalue weighted by Crippen LogP contribution is 2.15. The van der Waals surface area contributed by atoms with Gasteiger partial charge in [0.2, 0.25) is 0 Å². The highest BCUT2D eigenvalue weighted by atomic mass is 19.1. The third-order valence-corrected chi connectivity index (χ3v) is 2.19. The summed E-state index contributed by atoms with van der Waals surface area (Å²) < 4.78 is 14.5. The Hall–Kier alpha value is -2.17. The molecule has 0 saturated carbocycles. The second-order valence-corrected chi connectivity index (χ2v) is 3.43. The molecule has 2 rings (SSSR count). The van der Waals surface area contributed by atoms with Crippen LogP contribution in [-0.2, 0) is 0 Å². The molecular weight excluding hydrogens is 209 g/mol. The zero-order valence-electron chi connectivity index (χ0n) is 8.64. The third kappa shape index (κ3) is 1.79. The molecule has 0 aliphatic rings. The summed E-state index contributed by atoms with van der Waals surface area (Å²) in [4.78, 5) is 11.2. The van der Waals surface area contributed by atoms with Crippen molar-refractivity contribution in [3.05, 3.63) is 47.5 Å². The monoisotopic (exact) mass is 219 g/mol. The van der Waals surface area contributed by atoms with Crippen molar-refractivity contribution in [1.82, 2.24) is 9.78 Å². The first-order chi connectivity index (χ1) is 7.58. The van der Waals surface area contributed by atoms with E-state index in [-0.39, 0.29) is 5.56 Å². The van der Waals surface area contributed by atoms with Crippen molar-refractivity contribution in [2.45, 2.75) is 6.92 Å². The van der Waals surface area contributed by atoms with Crippen LogP contribution in [0, 0.1) is 12.7 Å². The summed E-state index contributed by atoms with van der Waals surface area (Å²) in [5.41, 5.74) is 6.57. The maximum absolute atomic E-state index is 13.0. The second-order valence-electron chi connectivity index (χ2n) is 3.43. The zero-order valence-corrected chi connectivity index (χ0v) is 8.64. The first kappa shape index (κ1) is 10.4. The molecule has 4 nitrogen and oxygen atoms in total. The summed E-state index contributed by atoms with van der Waals surface area (Å²) >= 11 is 0. The average Bonchev–Trinajstić information content (AvgIpc) is 2.64. The first-order valence-corrected chi connectivity index (χ1v) is 4.70. The lowest BCUT2D eigenvalue weighted by Gasteiger charge is -2.06. The summed E-state index contributed by atoms with van der Waals surface area (Å²) in [6, 6.07) is 5.63. The number of carbonyl (C=O) groups excluding carboxylic acids is 1. The number of rotatable bonds is 2. The second kappa shape index (κ2) is 3.77. The van der Waals surface area contributed by atoms with E-state index in [9.17, 15) is 9.18 Å². The number of aryl methyl sites for hydroxylation is 1. The molecule has 0 unspecified atom stereocenters. The van der Waals surface area contributed by atoms with Crippen LogP contribution >= 0.6 is 0 Å². The number of carbonyl (C=O) groups is 1. The molecule has 16 heavy (non-hydrogen) atoms. The summed E-state index contributed by atoms with van der Waals surface area (Å²) in [5.74, 6) is -1.18. The van der Waals surface area contributed by atoms with Crippen LogP contribution in [0.15, 0.2) is 30.5 Å². The minimum absolute atomic E-state index is 0.114. The summed E-state index contributed by atoms with van der Waals surface area (Å²) in [6.07, 6.45) is 1.69. The number of amides is 1. The van der Waals surface area contributed by atoms with Gasteiger partial charge in [-0.1, -0.05) is 0 Å². The molecule has 0 aliphatic heterocycles. The van der Waals surface area contributed by atoms with Crippen LogP contribution in [0.4, 0.5) is 4.39 Å². The Bertz CT molecular complexity index is 548. The van der Waals surface area contributed by atoms with E-state index < -0.39 is 11.7 Å². The largest absolute Gasteiger partial charge is 0.366 e. The van der Waals surface area contributed by atoms with Crippen LogP contribution in [0.5, 0.6) is 0 Å². The van der Waals surface area contributed by atoms with Crippen molar-refractivity contribution < 1.29 is 9.18 Å². The molecule has 1 heterocycles. The number of hydrogen-bond donors (Lipinski definition) is 1. The van der Waals surface area contributed by atoms with Gasteiger partial charge in [-0.25, -0.2) is 9.07 Å². The molecule has 0 saturated heterocycles. The van der Waals surface area contributed by atoms with Gasteiger partial charge in [0.25, 0.3) is 5.91 Å². The van der Waals surface area contributed by atoms with Crippen LogP contribution in [0.1, 0.15) is 16.1 Å². The van der Waals surface area contributed by atoms with Crippen molar-refractivity contribution in [2.75, 3.05) is 0 Å². The Balaban J connectivity index is 2.60. The molecular formula is C11H10FN3O. The number of benzene rings is 1. The molecule has 0 atom stereocenters. The minimum Gasteiger partial charge on any atom is -0.366 e. The fourth-order valence-electron chi connectivity index (χ4n) is 1.45. The van der Waals surface area contributed by atoms with Gasteiger partial charge in [0.05, 0.1) is 16.9 Å². The highest BCUT2D eigenvalue weighted by molar-refractivity contribution is 5.96. The standard InChI is InChI=1S/C11H10FN3O/c1-7-4-5-15(14-7)10-3-2-8(12)6-9(10)11(13)16/h2-6H,1H3,(H2,13,16). The van der Waals surface area contributed by atoms with E-state index in [2.05, 4.69) is 5.10 Å². The summed E-state index contributed by atoms with van der Waals surface area (Å²) in [5, 5.41) is 4.14. The fraction of sp³-hybridized carbons (Fsp3) is 0.0909. The molecule has 5 heteroatoms. The maximum Gasteiger partial charge on any atom is 0.250 e. The predicted molar refractivity (Wildman–Crippen MR) is 56.8 cm³/mol. The number of halogens is 1. The van der Waals surface area contributed by atoms with Crippen molar-refractivity contribution in [1.29, 1.82) is 0 Å². The number of aromatic nitrogens is 2. The van der Waals surface area contributed by atoms with Gasteiger partial charge in [-0.15, -0.1) is 0 Å². The third-order valence-electron chi connectivity index (χ3n) is 2.19. The Morgan fingerprint density at radius 1 is 1.44 bits per heavy atom. The van der Waals surface area contributed by atoms with Crippen molar-refractivity contribution >= 4 is 5.91 Å². The molecule has 0 radical (unpaired) electrons. The molecule has 0 fully saturated rings.